The molecule has 0 saturated carbocycles. The van der Waals surface area contributed by atoms with Gasteiger partial charge in [0.15, 0.2) is 0 Å². The Labute approximate surface area is 593 Å². The third-order valence-corrected chi connectivity index (χ3v) is 20.6. The Hall–Kier alpha value is -9.66. The molecule has 0 aliphatic heterocycles. The fourth-order valence-corrected chi connectivity index (χ4v) is 14.8. The molecule has 13 aromatic rings. The molecule has 8 nitrogen and oxygen atoms in total. The smallest absolute Gasteiger partial charge is 0.127 e. The van der Waals surface area contributed by atoms with Crippen molar-refractivity contribution in [2.45, 2.75) is 160 Å². The Morgan fingerprint density at radius 2 is 0.510 bits per heavy atom. The molecule has 13 aromatic carbocycles. The molecule has 0 unspecified atom stereocenters. The van der Waals surface area contributed by atoms with Crippen molar-refractivity contribution in [1.82, 2.24) is 0 Å². The monoisotopic (exact) mass is 1330 g/mol. The number of ether oxygens (including phenoxy) is 6. The molecule has 13 rings (SSSR count). The molecule has 0 aliphatic rings. The van der Waals surface area contributed by atoms with E-state index in [1.165, 1.54) is 87.2 Å². The number of hydrogen-bond donors (Lipinski definition) is 0. The molecule has 0 saturated heterocycles. The van der Waals surface area contributed by atoms with E-state index in [-0.39, 0.29) is 0 Å². The van der Waals surface area contributed by atoms with E-state index in [4.69, 9.17) is 28.4 Å². The molecule has 8 heteroatoms. The van der Waals surface area contributed by atoms with Crippen molar-refractivity contribution < 1.29 is 28.4 Å². The summed E-state index contributed by atoms with van der Waals surface area (Å²) in [6.07, 6.45) is 12.0. The zero-order valence-corrected chi connectivity index (χ0v) is 61.2. The molecule has 0 aliphatic carbocycles. The molecule has 0 aromatic heterocycles. The number of rotatable bonds is 32. The van der Waals surface area contributed by atoms with Crippen LogP contribution in [-0.4, -0.2) is 39.6 Å². The van der Waals surface area contributed by atoms with E-state index in [9.17, 15) is 0 Å². The second kappa shape index (κ2) is 30.8. The topological polar surface area (TPSA) is 61.9 Å². The van der Waals surface area contributed by atoms with Crippen molar-refractivity contribution in [3.8, 4) is 56.8 Å². The minimum atomic E-state index is 0.603. The first-order valence-electron chi connectivity index (χ1n) is 37.3. The Balaban J connectivity index is 1.13. The van der Waals surface area contributed by atoms with Crippen molar-refractivity contribution in [1.29, 1.82) is 0 Å². The van der Waals surface area contributed by atoms with Gasteiger partial charge < -0.3 is 38.2 Å². The predicted molar refractivity (Wildman–Crippen MR) is 425 cm³/mol. The molecule has 0 heterocycles. The first-order chi connectivity index (χ1) is 48.9. The average molecular weight is 1330 g/mol. The van der Waals surface area contributed by atoms with Gasteiger partial charge in [-0.25, -0.2) is 0 Å². The molecule has 0 bridgehead atoms. The van der Waals surface area contributed by atoms with Crippen molar-refractivity contribution in [2.75, 3.05) is 49.4 Å². The predicted octanol–water partition coefficient (Wildman–Crippen LogP) is 26.7. The van der Waals surface area contributed by atoms with Crippen LogP contribution in [0.25, 0.3) is 86.9 Å². The van der Waals surface area contributed by atoms with Crippen molar-refractivity contribution in [3.05, 3.63) is 203 Å². The molecule has 0 amide bonds. The highest BCUT2D eigenvalue weighted by atomic mass is 16.5. The number of fused-ring (bicyclic) bond motifs is 6. The van der Waals surface area contributed by atoms with Gasteiger partial charge in [-0.3, -0.25) is 0 Å². The summed E-state index contributed by atoms with van der Waals surface area (Å²) < 4.78 is 40.6. The van der Waals surface area contributed by atoms with Gasteiger partial charge in [-0.05, 0) is 203 Å². The summed E-state index contributed by atoms with van der Waals surface area (Å²) in [5.74, 6) is 5.09. The number of nitrogens with zero attached hydrogens (tertiary/aromatic N) is 2. The van der Waals surface area contributed by atoms with Crippen LogP contribution < -0.4 is 38.2 Å². The maximum Gasteiger partial charge on any atom is 0.127 e. The Morgan fingerprint density at radius 1 is 0.250 bits per heavy atom. The summed E-state index contributed by atoms with van der Waals surface area (Å²) in [6.45, 7) is 30.1. The van der Waals surface area contributed by atoms with Crippen molar-refractivity contribution in [3.63, 3.8) is 0 Å². The standard InChI is InChI=1S/C92H100N2O6/c1-13-19-45-95-79-53-67(51-59(7)61(79)9)93(68-52-60(8)62(10)80(54-68)96-46-20-14-2)77-43-41-75-87-71(77)37-31-39-73(87)89-85(65-33-27-25-28-34-65)92-76-42-44-78(72-38-32-40-74(88(72)76)90(92)86(91(75)89)66-35-29-26-30-36-66)94(69-55-81(97-47-21-15-3)63(11)82(56-69)98-48-22-16-4)70-57-83(99-49-23-17-5)64(12)84(58-70)100-50-24-18-6/h25-44,51-58H,13-24,45-50H2,1-12H3. The zero-order valence-electron chi connectivity index (χ0n) is 61.2. The van der Waals surface area contributed by atoms with E-state index in [1.807, 2.05) is 0 Å². The Morgan fingerprint density at radius 3 is 0.800 bits per heavy atom. The number of benzene rings is 11. The van der Waals surface area contributed by atoms with Crippen LogP contribution >= 0.6 is 0 Å². The van der Waals surface area contributed by atoms with Gasteiger partial charge >= 0.3 is 0 Å². The lowest BCUT2D eigenvalue weighted by atomic mass is 9.87. The van der Waals surface area contributed by atoms with E-state index < -0.39 is 0 Å². The number of unbranched alkanes of at least 4 members (excludes halogenated alkanes) is 6. The van der Waals surface area contributed by atoms with E-state index in [1.54, 1.807) is 0 Å². The van der Waals surface area contributed by atoms with Crippen LogP contribution in [0, 0.1) is 41.5 Å². The molecule has 0 spiro atoms. The van der Waals surface area contributed by atoms with Crippen LogP contribution in [0.5, 0.6) is 34.5 Å². The molecule has 514 valence electrons. The van der Waals surface area contributed by atoms with Crippen LogP contribution in [0.15, 0.2) is 170 Å². The molecular weight excluding hydrogens is 1230 g/mol. The molecule has 0 fully saturated rings. The van der Waals surface area contributed by atoms with Gasteiger partial charge in [0.25, 0.3) is 0 Å². The van der Waals surface area contributed by atoms with Crippen LogP contribution in [0.2, 0.25) is 0 Å². The van der Waals surface area contributed by atoms with E-state index in [0.29, 0.717) is 39.6 Å². The zero-order chi connectivity index (χ0) is 69.6. The minimum absolute atomic E-state index is 0.603. The SMILES string of the molecule is CCCCOc1cc(N(c2cc(C)c(C)c(OCCCC)c2)c2ccc3c4c(-c5ccccc5)c5c6cccc7c(N(c8cc(OCCCC)c(C)c(OCCCC)c8)c8cc(OCCCC)c(C)c(OCCCC)c8)ccc(c5c(-c5ccccc5)c4c4cccc2c34)c76)cc(C)c1C. The van der Waals surface area contributed by atoms with Gasteiger partial charge in [-0.1, -0.05) is 189 Å². The summed E-state index contributed by atoms with van der Waals surface area (Å²) in [6, 6.07) is 64.1. The van der Waals surface area contributed by atoms with Crippen LogP contribution in [-0.2, 0) is 0 Å². The molecule has 0 atom stereocenters. The summed E-state index contributed by atoms with van der Waals surface area (Å²) in [5, 5.41) is 14.5. The highest BCUT2D eigenvalue weighted by molar-refractivity contribution is 6.47. The summed E-state index contributed by atoms with van der Waals surface area (Å²) >= 11 is 0. The number of hydrogen-bond acceptors (Lipinski definition) is 8. The Bertz CT molecular complexity index is 4720. The van der Waals surface area contributed by atoms with Crippen LogP contribution in [0.4, 0.5) is 34.1 Å². The molecule has 100 heavy (non-hydrogen) atoms. The fraction of sp³-hybridized carbons (Fsp3) is 0.326. The molecule has 0 N–H and O–H groups in total. The lowest BCUT2D eigenvalue weighted by Gasteiger charge is -2.30. The van der Waals surface area contributed by atoms with Crippen LogP contribution in [0.3, 0.4) is 0 Å². The van der Waals surface area contributed by atoms with Gasteiger partial charge in [-0.2, -0.15) is 0 Å². The quantitative estimate of drug-likeness (QED) is 0.0387. The summed E-state index contributed by atoms with van der Waals surface area (Å²) in [4.78, 5) is 4.88. The molecule has 0 radical (unpaired) electrons. The lowest BCUT2D eigenvalue weighted by molar-refractivity contribution is 0.290. The second-order valence-corrected chi connectivity index (χ2v) is 27.5. The lowest BCUT2D eigenvalue weighted by Crippen LogP contribution is -2.13. The second-order valence-electron chi connectivity index (χ2n) is 27.5. The van der Waals surface area contributed by atoms with Gasteiger partial charge in [-0.15, -0.1) is 0 Å². The number of anilines is 6. The van der Waals surface area contributed by atoms with Crippen LogP contribution in [0.1, 0.15) is 152 Å². The average Bonchev–Trinajstić information content (AvgIpc) is 1.52. The van der Waals surface area contributed by atoms with Gasteiger partial charge in [0.2, 0.25) is 0 Å². The summed E-state index contributed by atoms with van der Waals surface area (Å²) in [5.41, 5.74) is 17.5. The van der Waals surface area contributed by atoms with Crippen molar-refractivity contribution >= 4 is 98.8 Å². The van der Waals surface area contributed by atoms with E-state index in [0.717, 1.165) is 179 Å². The minimum Gasteiger partial charge on any atom is -0.493 e. The normalized spacial score (nSPS) is 11.7. The third kappa shape index (κ3) is 13.2. The highest BCUT2D eigenvalue weighted by Gasteiger charge is 2.32. The van der Waals surface area contributed by atoms with Gasteiger partial charge in [0.1, 0.15) is 34.5 Å². The maximum absolute atomic E-state index is 6.80. The Kier molecular flexibility index (Phi) is 21.2. The van der Waals surface area contributed by atoms with E-state index in [2.05, 4.69) is 263 Å². The van der Waals surface area contributed by atoms with Crippen molar-refractivity contribution in [2.24, 2.45) is 0 Å². The first-order valence-corrected chi connectivity index (χ1v) is 37.3. The van der Waals surface area contributed by atoms with Gasteiger partial charge in [0, 0.05) is 58.3 Å². The number of aryl methyl sites for hydroxylation is 2. The summed E-state index contributed by atoms with van der Waals surface area (Å²) in [7, 11) is 0. The first kappa shape index (κ1) is 68.8. The fourth-order valence-electron chi connectivity index (χ4n) is 14.8. The van der Waals surface area contributed by atoms with Gasteiger partial charge in [0.05, 0.1) is 73.8 Å². The van der Waals surface area contributed by atoms with E-state index >= 15 is 0 Å². The third-order valence-electron chi connectivity index (χ3n) is 20.6. The maximum atomic E-state index is 6.80. The highest BCUT2D eigenvalue weighted by Crippen LogP contribution is 2.59. The molecular formula is C92H100N2O6. The largest absolute Gasteiger partial charge is 0.493 e.